The van der Waals surface area contributed by atoms with Gasteiger partial charge in [-0.25, -0.2) is 0 Å². The molecule has 0 spiro atoms. The standard InChI is InChI=1S/C28H39N7O3/c1-4-8-35(9-5-2)26-17-23(18-27(32-26)38-15-12-34-10-13-37-14-11-34)33-31-20-22-19-30-25-16-21(28(36)29-3)6-7-24(22)25/h6-7,16-20,30H,4-5,8-15H2,1-3H3,(H,29,36)(H,32,33)/b31-20+. The van der Waals surface area contributed by atoms with Gasteiger partial charge in [0.05, 0.1) is 25.1 Å². The molecule has 0 unspecified atom stereocenters. The van der Waals surface area contributed by atoms with Gasteiger partial charge in [0.25, 0.3) is 5.91 Å². The van der Waals surface area contributed by atoms with Crippen molar-refractivity contribution in [3.63, 3.8) is 0 Å². The Morgan fingerprint density at radius 1 is 1.21 bits per heavy atom. The van der Waals surface area contributed by atoms with E-state index in [4.69, 9.17) is 14.5 Å². The molecule has 204 valence electrons. The van der Waals surface area contributed by atoms with Crippen molar-refractivity contribution in [3.05, 3.63) is 47.7 Å². The Bertz CT molecular complexity index is 1210. The fourth-order valence-corrected chi connectivity index (χ4v) is 4.49. The van der Waals surface area contributed by atoms with Gasteiger partial charge in [0, 0.05) is 80.1 Å². The van der Waals surface area contributed by atoms with E-state index in [0.717, 1.165) is 86.8 Å². The third-order valence-corrected chi connectivity index (χ3v) is 6.46. The van der Waals surface area contributed by atoms with Crippen LogP contribution in [0, 0.1) is 0 Å². The summed E-state index contributed by atoms with van der Waals surface area (Å²) >= 11 is 0. The molecule has 1 aliphatic heterocycles. The fraction of sp³-hybridized carbons (Fsp3) is 0.464. The lowest BCUT2D eigenvalue weighted by molar-refractivity contribution is 0.0320. The number of morpholine rings is 1. The zero-order valence-electron chi connectivity index (χ0n) is 22.6. The fourth-order valence-electron chi connectivity index (χ4n) is 4.49. The van der Waals surface area contributed by atoms with Crippen LogP contribution < -0.4 is 20.4 Å². The molecule has 1 aliphatic rings. The minimum Gasteiger partial charge on any atom is -0.476 e. The number of benzene rings is 1. The smallest absolute Gasteiger partial charge is 0.251 e. The molecule has 3 heterocycles. The van der Waals surface area contributed by atoms with Crippen LogP contribution in [-0.2, 0) is 4.74 Å². The van der Waals surface area contributed by atoms with Crippen LogP contribution in [0.2, 0.25) is 0 Å². The van der Waals surface area contributed by atoms with Crippen LogP contribution in [0.3, 0.4) is 0 Å². The predicted octanol–water partition coefficient (Wildman–Crippen LogP) is 3.71. The van der Waals surface area contributed by atoms with E-state index in [1.807, 2.05) is 36.5 Å². The highest BCUT2D eigenvalue weighted by molar-refractivity contribution is 6.03. The van der Waals surface area contributed by atoms with E-state index in [0.29, 0.717) is 18.1 Å². The number of anilines is 2. The number of H-pyrrole nitrogens is 1. The molecule has 0 atom stereocenters. The number of aromatic nitrogens is 2. The van der Waals surface area contributed by atoms with Crippen molar-refractivity contribution in [2.75, 3.05) is 69.9 Å². The maximum absolute atomic E-state index is 11.9. The molecule has 1 amide bonds. The van der Waals surface area contributed by atoms with Crippen molar-refractivity contribution < 1.29 is 14.3 Å². The first-order chi connectivity index (χ1) is 18.6. The van der Waals surface area contributed by atoms with Crippen LogP contribution in [0.25, 0.3) is 10.9 Å². The average Bonchev–Trinajstić information content (AvgIpc) is 3.35. The topological polar surface area (TPSA) is 107 Å². The Hall–Kier alpha value is -3.63. The zero-order valence-corrected chi connectivity index (χ0v) is 22.6. The SMILES string of the molecule is CCCN(CCC)c1cc(N/N=C/c2c[nH]c3cc(C(=O)NC)ccc23)cc(OCCN2CCOCC2)n1. The molecule has 1 saturated heterocycles. The molecule has 1 fully saturated rings. The number of aromatic amines is 1. The Morgan fingerprint density at radius 2 is 2.00 bits per heavy atom. The van der Waals surface area contributed by atoms with Crippen LogP contribution in [0.4, 0.5) is 11.5 Å². The van der Waals surface area contributed by atoms with Gasteiger partial charge in [-0.15, -0.1) is 0 Å². The highest BCUT2D eigenvalue weighted by atomic mass is 16.5. The maximum atomic E-state index is 11.9. The van der Waals surface area contributed by atoms with Gasteiger partial charge >= 0.3 is 0 Å². The Labute approximate surface area is 224 Å². The first-order valence-electron chi connectivity index (χ1n) is 13.4. The van der Waals surface area contributed by atoms with Gasteiger partial charge in [0.1, 0.15) is 12.4 Å². The highest BCUT2D eigenvalue weighted by Crippen LogP contribution is 2.24. The first kappa shape index (κ1) is 27.4. The van der Waals surface area contributed by atoms with Gasteiger partial charge in [-0.3, -0.25) is 15.1 Å². The van der Waals surface area contributed by atoms with Crippen molar-refractivity contribution >= 4 is 34.5 Å². The summed E-state index contributed by atoms with van der Waals surface area (Å²) in [6, 6.07) is 9.48. The summed E-state index contributed by atoms with van der Waals surface area (Å²) in [6.07, 6.45) is 5.72. The lowest BCUT2D eigenvalue weighted by Crippen LogP contribution is -2.38. The second kappa shape index (κ2) is 13.8. The minimum atomic E-state index is -0.116. The molecule has 3 aromatic rings. The summed E-state index contributed by atoms with van der Waals surface area (Å²) < 4.78 is 11.5. The van der Waals surface area contributed by atoms with Crippen molar-refractivity contribution in [2.45, 2.75) is 26.7 Å². The van der Waals surface area contributed by atoms with Crippen LogP contribution in [0.5, 0.6) is 5.88 Å². The van der Waals surface area contributed by atoms with E-state index in [1.54, 1.807) is 13.3 Å². The normalized spacial score (nSPS) is 14.2. The van der Waals surface area contributed by atoms with Crippen molar-refractivity contribution in [1.82, 2.24) is 20.2 Å². The second-order valence-electron chi connectivity index (χ2n) is 9.30. The number of hydrogen-bond acceptors (Lipinski definition) is 8. The summed E-state index contributed by atoms with van der Waals surface area (Å²) in [5.74, 6) is 1.35. The zero-order chi connectivity index (χ0) is 26.7. The number of hydrogen-bond donors (Lipinski definition) is 3. The monoisotopic (exact) mass is 521 g/mol. The number of nitrogens with one attached hydrogen (secondary N) is 3. The molecule has 4 rings (SSSR count). The van der Waals surface area contributed by atoms with E-state index in [-0.39, 0.29) is 5.91 Å². The third-order valence-electron chi connectivity index (χ3n) is 6.46. The predicted molar refractivity (Wildman–Crippen MR) is 153 cm³/mol. The molecule has 0 saturated carbocycles. The van der Waals surface area contributed by atoms with Gasteiger partial charge in [0.15, 0.2) is 0 Å². The van der Waals surface area contributed by atoms with Crippen LogP contribution in [0.15, 0.2) is 41.6 Å². The number of amides is 1. The number of rotatable bonds is 13. The molecule has 0 bridgehead atoms. The molecular weight excluding hydrogens is 482 g/mol. The summed E-state index contributed by atoms with van der Waals surface area (Å²) in [5.41, 5.74) is 6.39. The number of ether oxygens (including phenoxy) is 2. The van der Waals surface area contributed by atoms with E-state index in [9.17, 15) is 4.79 Å². The number of nitrogens with zero attached hydrogens (tertiary/aromatic N) is 4. The van der Waals surface area contributed by atoms with E-state index in [2.05, 4.69) is 44.5 Å². The lowest BCUT2D eigenvalue weighted by Gasteiger charge is -2.26. The van der Waals surface area contributed by atoms with Gasteiger partial charge in [-0.05, 0) is 25.0 Å². The largest absolute Gasteiger partial charge is 0.476 e. The highest BCUT2D eigenvalue weighted by Gasteiger charge is 2.13. The minimum absolute atomic E-state index is 0.116. The molecular formula is C28H39N7O3. The van der Waals surface area contributed by atoms with E-state index < -0.39 is 0 Å². The molecule has 38 heavy (non-hydrogen) atoms. The maximum Gasteiger partial charge on any atom is 0.251 e. The number of hydrazone groups is 1. The first-order valence-corrected chi connectivity index (χ1v) is 13.4. The Morgan fingerprint density at radius 3 is 2.74 bits per heavy atom. The summed E-state index contributed by atoms with van der Waals surface area (Å²) in [5, 5.41) is 8.14. The molecule has 1 aromatic carbocycles. The molecule has 2 aromatic heterocycles. The van der Waals surface area contributed by atoms with Gasteiger partial charge in [-0.1, -0.05) is 19.9 Å². The Balaban J connectivity index is 1.49. The molecule has 10 nitrogen and oxygen atoms in total. The second-order valence-corrected chi connectivity index (χ2v) is 9.30. The van der Waals surface area contributed by atoms with Crippen molar-refractivity contribution in [3.8, 4) is 5.88 Å². The molecule has 3 N–H and O–H groups in total. The van der Waals surface area contributed by atoms with Crippen LogP contribution in [0.1, 0.15) is 42.6 Å². The lowest BCUT2D eigenvalue weighted by atomic mass is 10.1. The van der Waals surface area contributed by atoms with E-state index in [1.165, 1.54) is 0 Å². The summed E-state index contributed by atoms with van der Waals surface area (Å²) in [6.45, 7) is 11.0. The van der Waals surface area contributed by atoms with Crippen LogP contribution in [-0.4, -0.2) is 86.6 Å². The quantitative estimate of drug-likeness (QED) is 0.233. The average molecular weight is 522 g/mol. The third kappa shape index (κ3) is 7.23. The van der Waals surface area contributed by atoms with Crippen LogP contribution >= 0.6 is 0 Å². The Kier molecular flexibility index (Phi) is 9.94. The summed E-state index contributed by atoms with van der Waals surface area (Å²) in [7, 11) is 1.62. The van der Waals surface area contributed by atoms with Gasteiger partial charge in [-0.2, -0.15) is 10.1 Å². The van der Waals surface area contributed by atoms with Crippen molar-refractivity contribution in [2.24, 2.45) is 5.10 Å². The number of pyridine rings is 1. The molecule has 10 heteroatoms. The van der Waals surface area contributed by atoms with E-state index >= 15 is 0 Å². The molecule has 0 aliphatic carbocycles. The van der Waals surface area contributed by atoms with Crippen molar-refractivity contribution in [1.29, 1.82) is 0 Å². The molecule has 0 radical (unpaired) electrons. The van der Waals surface area contributed by atoms with Gasteiger partial charge < -0.3 is 24.7 Å². The number of carbonyl (C=O) groups is 1. The summed E-state index contributed by atoms with van der Waals surface area (Å²) in [4.78, 5) is 24.6. The number of carbonyl (C=O) groups excluding carboxylic acids is 1. The number of fused-ring (bicyclic) bond motifs is 1. The van der Waals surface area contributed by atoms with Gasteiger partial charge in [0.2, 0.25) is 5.88 Å².